The van der Waals surface area contributed by atoms with Gasteiger partial charge in [0.2, 0.25) is 0 Å². The van der Waals surface area contributed by atoms with Crippen LogP contribution in [0.4, 0.5) is 24.7 Å². The molecule has 32 heavy (non-hydrogen) atoms. The molecule has 1 amide bonds. The Balaban J connectivity index is 1.55. The summed E-state index contributed by atoms with van der Waals surface area (Å²) in [5.41, 5.74) is 0.892. The Morgan fingerprint density at radius 3 is 2.59 bits per heavy atom. The molecule has 2 aromatic rings. The van der Waals surface area contributed by atoms with Crippen molar-refractivity contribution in [3.63, 3.8) is 0 Å². The summed E-state index contributed by atoms with van der Waals surface area (Å²) in [6.45, 7) is 4.08. The summed E-state index contributed by atoms with van der Waals surface area (Å²) >= 11 is 0. The first-order valence-corrected chi connectivity index (χ1v) is 10.5. The number of carbonyl (C=O) groups is 2. The number of nitrogens with one attached hydrogen (secondary N) is 1. The maximum absolute atomic E-state index is 13.3. The quantitative estimate of drug-likeness (QED) is 0.652. The fourth-order valence-electron chi connectivity index (χ4n) is 3.64. The van der Waals surface area contributed by atoms with Crippen LogP contribution in [0, 0.1) is 5.92 Å². The van der Waals surface area contributed by atoms with Crippen LogP contribution in [0.25, 0.3) is 0 Å². The number of rotatable bonds is 6. The Labute approximate surface area is 184 Å². The molecule has 172 valence electrons. The average molecular weight is 449 g/mol. The number of nitrogens with zero attached hydrogens (tertiary/aromatic N) is 2. The lowest BCUT2D eigenvalue weighted by Gasteiger charge is -2.33. The molecule has 0 bridgehead atoms. The Kier molecular flexibility index (Phi) is 7.37. The number of carbonyl (C=O) groups excluding carboxylic acids is 2. The summed E-state index contributed by atoms with van der Waals surface area (Å²) in [6.07, 6.45) is -2.25. The number of piperidine rings is 1. The minimum atomic E-state index is -4.54. The molecule has 1 aromatic heterocycles. The topological polar surface area (TPSA) is 71.5 Å². The molecule has 3 rings (SSSR count). The van der Waals surface area contributed by atoms with E-state index in [2.05, 4.69) is 24.1 Å². The molecule has 1 atom stereocenters. The first-order chi connectivity index (χ1) is 15.1. The molecule has 0 radical (unpaired) electrons. The van der Waals surface area contributed by atoms with Crippen LogP contribution >= 0.6 is 0 Å². The number of benzene rings is 1. The van der Waals surface area contributed by atoms with Gasteiger partial charge < -0.3 is 15.0 Å². The second-order valence-corrected chi connectivity index (χ2v) is 8.09. The van der Waals surface area contributed by atoms with E-state index in [-0.39, 0.29) is 12.4 Å². The number of hydrogen-bond donors (Lipinski definition) is 1. The standard InChI is InChI=1S/C23H26F3N3O3/c1-15(2)16-7-9-18(10-8-16)28-20(30)14-32-22(31)17-5-4-12-29(13-17)21-19(23(24,25)26)6-3-11-27-21/h3,6-11,15,17H,4-5,12-14H2,1-2H3,(H,28,30). The summed E-state index contributed by atoms with van der Waals surface area (Å²) in [5.74, 6) is -1.55. The molecule has 1 aliphatic heterocycles. The maximum Gasteiger partial charge on any atom is 0.419 e. The molecule has 1 saturated heterocycles. The van der Waals surface area contributed by atoms with Crippen LogP contribution in [0.3, 0.4) is 0 Å². The van der Waals surface area contributed by atoms with Gasteiger partial charge in [0.15, 0.2) is 6.61 Å². The van der Waals surface area contributed by atoms with Gasteiger partial charge in [-0.3, -0.25) is 9.59 Å². The van der Waals surface area contributed by atoms with Crippen LogP contribution in [0.1, 0.15) is 43.7 Å². The van der Waals surface area contributed by atoms with Gasteiger partial charge in [-0.25, -0.2) is 4.98 Å². The number of alkyl halides is 3. The highest BCUT2D eigenvalue weighted by Crippen LogP contribution is 2.36. The molecule has 0 spiro atoms. The number of pyridine rings is 1. The third kappa shape index (κ3) is 5.99. The van der Waals surface area contributed by atoms with Crippen molar-refractivity contribution in [1.82, 2.24) is 4.98 Å². The zero-order valence-corrected chi connectivity index (χ0v) is 18.0. The van der Waals surface area contributed by atoms with E-state index in [1.54, 1.807) is 12.1 Å². The molecule has 1 fully saturated rings. The van der Waals surface area contributed by atoms with Crippen molar-refractivity contribution in [3.05, 3.63) is 53.7 Å². The molecule has 6 nitrogen and oxygen atoms in total. The molecule has 1 aromatic carbocycles. The molecule has 1 aliphatic rings. The lowest BCUT2D eigenvalue weighted by molar-refractivity contribution is -0.151. The number of aromatic nitrogens is 1. The Hall–Kier alpha value is -3.10. The monoisotopic (exact) mass is 449 g/mol. The molecule has 2 heterocycles. The zero-order valence-electron chi connectivity index (χ0n) is 18.0. The normalized spacial score (nSPS) is 16.7. The molecule has 0 aliphatic carbocycles. The van der Waals surface area contributed by atoms with Gasteiger partial charge in [0.05, 0.1) is 11.5 Å². The van der Waals surface area contributed by atoms with Crippen molar-refractivity contribution < 1.29 is 27.5 Å². The summed E-state index contributed by atoms with van der Waals surface area (Å²) in [4.78, 5) is 29.9. The van der Waals surface area contributed by atoms with E-state index in [1.165, 1.54) is 17.2 Å². The van der Waals surface area contributed by atoms with Crippen LogP contribution in [0.5, 0.6) is 0 Å². The van der Waals surface area contributed by atoms with Crippen LogP contribution in [0.2, 0.25) is 0 Å². The van der Waals surface area contributed by atoms with E-state index in [4.69, 9.17) is 4.74 Å². The van der Waals surface area contributed by atoms with E-state index in [9.17, 15) is 22.8 Å². The fourth-order valence-corrected chi connectivity index (χ4v) is 3.64. The van der Waals surface area contributed by atoms with E-state index in [0.29, 0.717) is 31.0 Å². The number of esters is 1. The lowest BCUT2D eigenvalue weighted by Crippen LogP contribution is -2.41. The number of amides is 1. The summed E-state index contributed by atoms with van der Waals surface area (Å²) in [6, 6.07) is 9.59. The number of ether oxygens (including phenoxy) is 1. The first kappa shape index (κ1) is 23.6. The van der Waals surface area contributed by atoms with Gasteiger partial charge in [-0.2, -0.15) is 13.2 Å². The molecular formula is C23H26F3N3O3. The Morgan fingerprint density at radius 2 is 1.94 bits per heavy atom. The zero-order chi connectivity index (χ0) is 23.3. The van der Waals surface area contributed by atoms with Crippen molar-refractivity contribution in [1.29, 1.82) is 0 Å². The lowest BCUT2D eigenvalue weighted by atomic mass is 9.98. The van der Waals surface area contributed by atoms with Gasteiger partial charge >= 0.3 is 12.1 Å². The predicted molar refractivity (Wildman–Crippen MR) is 114 cm³/mol. The van der Waals surface area contributed by atoms with E-state index in [1.807, 2.05) is 12.1 Å². The van der Waals surface area contributed by atoms with Crippen molar-refractivity contribution >= 4 is 23.4 Å². The predicted octanol–water partition coefficient (Wildman–Crippen LogP) is 4.62. The van der Waals surface area contributed by atoms with Crippen molar-refractivity contribution in [2.24, 2.45) is 5.92 Å². The van der Waals surface area contributed by atoms with Crippen LogP contribution in [0.15, 0.2) is 42.6 Å². The van der Waals surface area contributed by atoms with Gasteiger partial charge in [0.1, 0.15) is 5.82 Å². The highest BCUT2D eigenvalue weighted by atomic mass is 19.4. The van der Waals surface area contributed by atoms with Gasteiger partial charge in [-0.05, 0) is 48.6 Å². The molecule has 9 heteroatoms. The van der Waals surface area contributed by atoms with Gasteiger partial charge in [-0.15, -0.1) is 0 Å². The minimum absolute atomic E-state index is 0.0528. The smallest absolute Gasteiger partial charge is 0.419 e. The number of anilines is 2. The Morgan fingerprint density at radius 1 is 1.22 bits per heavy atom. The fraction of sp³-hybridized carbons (Fsp3) is 0.435. The second-order valence-electron chi connectivity index (χ2n) is 8.09. The largest absolute Gasteiger partial charge is 0.455 e. The first-order valence-electron chi connectivity index (χ1n) is 10.5. The SMILES string of the molecule is CC(C)c1ccc(NC(=O)COC(=O)C2CCCN(c3ncccc3C(F)(F)F)C2)cc1. The molecule has 1 N–H and O–H groups in total. The molecule has 0 saturated carbocycles. The minimum Gasteiger partial charge on any atom is -0.455 e. The summed E-state index contributed by atoms with van der Waals surface area (Å²) < 4.78 is 45.1. The van der Waals surface area contributed by atoms with Crippen molar-refractivity contribution in [3.8, 4) is 0 Å². The third-order valence-electron chi connectivity index (χ3n) is 5.35. The van der Waals surface area contributed by atoms with Gasteiger partial charge in [0, 0.05) is 25.0 Å². The van der Waals surface area contributed by atoms with Gasteiger partial charge in [-0.1, -0.05) is 26.0 Å². The van der Waals surface area contributed by atoms with E-state index in [0.717, 1.165) is 11.6 Å². The summed E-state index contributed by atoms with van der Waals surface area (Å²) in [7, 11) is 0. The average Bonchev–Trinajstić information content (AvgIpc) is 2.77. The van der Waals surface area contributed by atoms with E-state index < -0.39 is 36.1 Å². The second kappa shape index (κ2) is 10.0. The highest BCUT2D eigenvalue weighted by molar-refractivity contribution is 5.93. The van der Waals surface area contributed by atoms with Crippen LogP contribution in [-0.4, -0.2) is 36.6 Å². The number of hydrogen-bond acceptors (Lipinski definition) is 5. The number of halogens is 3. The Bertz CT molecular complexity index is 945. The van der Waals surface area contributed by atoms with Gasteiger partial charge in [0.25, 0.3) is 5.91 Å². The maximum atomic E-state index is 13.3. The van der Waals surface area contributed by atoms with Crippen molar-refractivity contribution in [2.75, 3.05) is 29.9 Å². The highest BCUT2D eigenvalue weighted by Gasteiger charge is 2.37. The van der Waals surface area contributed by atoms with Crippen LogP contribution in [-0.2, 0) is 20.5 Å². The molecule has 1 unspecified atom stereocenters. The molecular weight excluding hydrogens is 423 g/mol. The third-order valence-corrected chi connectivity index (χ3v) is 5.35. The summed E-state index contributed by atoms with van der Waals surface area (Å²) in [5, 5.41) is 2.66. The van der Waals surface area contributed by atoms with Crippen LogP contribution < -0.4 is 10.2 Å². The van der Waals surface area contributed by atoms with E-state index >= 15 is 0 Å². The van der Waals surface area contributed by atoms with Crippen molar-refractivity contribution in [2.45, 2.75) is 38.8 Å².